The Balaban J connectivity index is 2.26. The second-order valence-electron chi connectivity index (χ2n) is 3.81. The normalized spacial score (nSPS) is 33.6. The Morgan fingerprint density at radius 1 is 1.40 bits per heavy atom. The molecule has 0 aromatic rings. The molecule has 0 spiro atoms. The zero-order chi connectivity index (χ0) is 7.56. The molecule has 1 heteroatoms. The standard InChI is InChI=1S/C9H18N/c1-7(2)4-9-6-10-5-8(9)3/h8-10H,4-6H2,1-3H3. The summed E-state index contributed by atoms with van der Waals surface area (Å²) >= 11 is 0. The van der Waals surface area contributed by atoms with Crippen LogP contribution in [0.5, 0.6) is 0 Å². The van der Waals surface area contributed by atoms with Crippen molar-refractivity contribution < 1.29 is 0 Å². The first-order valence-electron chi connectivity index (χ1n) is 4.20. The molecule has 1 saturated heterocycles. The van der Waals surface area contributed by atoms with Gasteiger partial charge >= 0.3 is 0 Å². The molecule has 0 aromatic heterocycles. The van der Waals surface area contributed by atoms with Crippen LogP contribution in [-0.2, 0) is 0 Å². The third-order valence-corrected chi connectivity index (χ3v) is 2.35. The highest BCUT2D eigenvalue weighted by molar-refractivity contribution is 4.87. The molecule has 1 heterocycles. The van der Waals surface area contributed by atoms with Crippen molar-refractivity contribution in [1.29, 1.82) is 0 Å². The van der Waals surface area contributed by atoms with Gasteiger partial charge in [0.2, 0.25) is 0 Å². The van der Waals surface area contributed by atoms with Crippen molar-refractivity contribution in [2.24, 2.45) is 11.8 Å². The van der Waals surface area contributed by atoms with Crippen molar-refractivity contribution in [1.82, 2.24) is 5.32 Å². The summed E-state index contributed by atoms with van der Waals surface area (Å²) in [4.78, 5) is 0. The Morgan fingerprint density at radius 3 is 2.50 bits per heavy atom. The fourth-order valence-electron chi connectivity index (χ4n) is 1.66. The van der Waals surface area contributed by atoms with E-state index in [4.69, 9.17) is 0 Å². The molecule has 2 unspecified atom stereocenters. The van der Waals surface area contributed by atoms with Gasteiger partial charge in [-0.15, -0.1) is 0 Å². The minimum absolute atomic E-state index is 0.884. The Hall–Kier alpha value is -0.0400. The van der Waals surface area contributed by atoms with E-state index in [0.717, 1.165) is 11.8 Å². The number of nitrogens with one attached hydrogen (secondary N) is 1. The number of rotatable bonds is 2. The van der Waals surface area contributed by atoms with Gasteiger partial charge in [-0.25, -0.2) is 0 Å². The molecular weight excluding hydrogens is 122 g/mol. The molecule has 59 valence electrons. The van der Waals surface area contributed by atoms with E-state index in [1.807, 2.05) is 0 Å². The van der Waals surface area contributed by atoms with Gasteiger partial charge in [-0.3, -0.25) is 0 Å². The van der Waals surface area contributed by atoms with Gasteiger partial charge in [-0.2, -0.15) is 0 Å². The first-order valence-corrected chi connectivity index (χ1v) is 4.20. The largest absolute Gasteiger partial charge is 0.316 e. The minimum atomic E-state index is 0.884. The molecule has 2 atom stereocenters. The third kappa shape index (κ3) is 1.98. The fourth-order valence-corrected chi connectivity index (χ4v) is 1.66. The molecule has 0 aliphatic carbocycles. The first-order chi connectivity index (χ1) is 4.70. The summed E-state index contributed by atoms with van der Waals surface area (Å²) in [7, 11) is 0. The van der Waals surface area contributed by atoms with Crippen molar-refractivity contribution in [3.8, 4) is 0 Å². The van der Waals surface area contributed by atoms with Crippen LogP contribution in [0.15, 0.2) is 0 Å². The Bertz CT molecular complexity index is 98.9. The van der Waals surface area contributed by atoms with E-state index in [2.05, 4.69) is 26.1 Å². The molecule has 1 rings (SSSR count). The van der Waals surface area contributed by atoms with Crippen molar-refractivity contribution in [3.05, 3.63) is 5.92 Å². The van der Waals surface area contributed by atoms with Crippen molar-refractivity contribution in [2.45, 2.75) is 27.2 Å². The predicted octanol–water partition coefficient (Wildman–Crippen LogP) is 1.85. The van der Waals surface area contributed by atoms with Crippen LogP contribution in [0.25, 0.3) is 0 Å². The lowest BCUT2D eigenvalue weighted by Gasteiger charge is -2.15. The molecule has 0 saturated carbocycles. The zero-order valence-corrected chi connectivity index (χ0v) is 7.28. The maximum absolute atomic E-state index is 3.41. The van der Waals surface area contributed by atoms with Crippen molar-refractivity contribution in [2.75, 3.05) is 13.1 Å². The fraction of sp³-hybridized carbons (Fsp3) is 0.889. The molecule has 0 bridgehead atoms. The molecule has 1 fully saturated rings. The van der Waals surface area contributed by atoms with E-state index in [1.165, 1.54) is 19.5 Å². The zero-order valence-electron chi connectivity index (χ0n) is 7.28. The van der Waals surface area contributed by atoms with Crippen LogP contribution in [0.2, 0.25) is 0 Å². The van der Waals surface area contributed by atoms with Gasteiger partial charge < -0.3 is 5.32 Å². The van der Waals surface area contributed by atoms with E-state index in [1.54, 1.807) is 5.92 Å². The Labute approximate surface area is 64.2 Å². The summed E-state index contributed by atoms with van der Waals surface area (Å²) in [6.07, 6.45) is 1.31. The summed E-state index contributed by atoms with van der Waals surface area (Å²) in [5.74, 6) is 3.36. The lowest BCUT2D eigenvalue weighted by atomic mass is 9.89. The molecule has 10 heavy (non-hydrogen) atoms. The molecule has 1 aliphatic rings. The highest BCUT2D eigenvalue weighted by atomic mass is 14.9. The minimum Gasteiger partial charge on any atom is -0.316 e. The molecule has 0 amide bonds. The van der Waals surface area contributed by atoms with E-state index < -0.39 is 0 Å². The van der Waals surface area contributed by atoms with Gasteiger partial charge in [0, 0.05) is 0 Å². The summed E-state index contributed by atoms with van der Waals surface area (Å²) in [5, 5.41) is 3.41. The van der Waals surface area contributed by atoms with Crippen molar-refractivity contribution >= 4 is 0 Å². The van der Waals surface area contributed by atoms with Gasteiger partial charge in [0.15, 0.2) is 0 Å². The maximum Gasteiger partial charge on any atom is -0.00172 e. The topological polar surface area (TPSA) is 12.0 Å². The smallest absolute Gasteiger partial charge is 0.00172 e. The van der Waals surface area contributed by atoms with Crippen LogP contribution in [-0.4, -0.2) is 13.1 Å². The van der Waals surface area contributed by atoms with Crippen LogP contribution in [0, 0.1) is 17.8 Å². The second kappa shape index (κ2) is 3.38. The van der Waals surface area contributed by atoms with Crippen LogP contribution in [0.3, 0.4) is 0 Å². The Morgan fingerprint density at radius 2 is 2.10 bits per heavy atom. The maximum atomic E-state index is 3.41. The Kier molecular flexibility index (Phi) is 2.72. The summed E-state index contributed by atoms with van der Waals surface area (Å²) in [5.41, 5.74) is 0. The predicted molar refractivity (Wildman–Crippen MR) is 44.7 cm³/mol. The highest BCUT2D eigenvalue weighted by Gasteiger charge is 2.23. The number of hydrogen-bond acceptors (Lipinski definition) is 1. The number of hydrogen-bond donors (Lipinski definition) is 1. The van der Waals surface area contributed by atoms with E-state index in [9.17, 15) is 0 Å². The van der Waals surface area contributed by atoms with Crippen molar-refractivity contribution in [3.63, 3.8) is 0 Å². The van der Waals surface area contributed by atoms with Crippen LogP contribution in [0.1, 0.15) is 27.2 Å². The van der Waals surface area contributed by atoms with Gasteiger partial charge in [-0.05, 0) is 37.3 Å². The van der Waals surface area contributed by atoms with Crippen LogP contribution in [0.4, 0.5) is 0 Å². The molecule has 1 aliphatic heterocycles. The molecular formula is C9H18N. The molecule has 1 radical (unpaired) electrons. The average Bonchev–Trinajstić information content (AvgIpc) is 2.15. The SMILES string of the molecule is C[C](C)CC1CNCC1C. The summed E-state index contributed by atoms with van der Waals surface area (Å²) in [6, 6.07) is 0. The van der Waals surface area contributed by atoms with Crippen LogP contribution >= 0.6 is 0 Å². The highest BCUT2D eigenvalue weighted by Crippen LogP contribution is 2.23. The van der Waals surface area contributed by atoms with Gasteiger partial charge in [0.25, 0.3) is 0 Å². The lowest BCUT2D eigenvalue weighted by Crippen LogP contribution is -2.11. The molecule has 0 aromatic carbocycles. The first kappa shape index (κ1) is 8.06. The van der Waals surface area contributed by atoms with Gasteiger partial charge in [-0.1, -0.05) is 20.8 Å². The quantitative estimate of drug-likeness (QED) is 0.617. The van der Waals surface area contributed by atoms with E-state index in [0.29, 0.717) is 0 Å². The average molecular weight is 140 g/mol. The molecule has 1 nitrogen and oxygen atoms in total. The van der Waals surface area contributed by atoms with Gasteiger partial charge in [0.1, 0.15) is 0 Å². The summed E-state index contributed by atoms with van der Waals surface area (Å²) < 4.78 is 0. The monoisotopic (exact) mass is 140 g/mol. The van der Waals surface area contributed by atoms with Crippen LogP contribution < -0.4 is 5.32 Å². The molecule has 1 N–H and O–H groups in total. The van der Waals surface area contributed by atoms with E-state index >= 15 is 0 Å². The second-order valence-corrected chi connectivity index (χ2v) is 3.81. The summed E-state index contributed by atoms with van der Waals surface area (Å²) in [6.45, 7) is 9.24. The third-order valence-electron chi connectivity index (χ3n) is 2.35. The van der Waals surface area contributed by atoms with Gasteiger partial charge in [0.05, 0.1) is 0 Å². The van der Waals surface area contributed by atoms with E-state index in [-0.39, 0.29) is 0 Å². The lowest BCUT2D eigenvalue weighted by molar-refractivity contribution is 0.431.